The molecule has 2 rings (SSSR count). The van der Waals surface area contributed by atoms with Crippen molar-refractivity contribution in [1.29, 1.82) is 0 Å². The summed E-state index contributed by atoms with van der Waals surface area (Å²) in [7, 11) is 1.90. The van der Waals surface area contributed by atoms with Gasteiger partial charge in [0.25, 0.3) is 0 Å². The van der Waals surface area contributed by atoms with Crippen molar-refractivity contribution < 1.29 is 4.74 Å². The summed E-state index contributed by atoms with van der Waals surface area (Å²) in [6.07, 6.45) is 7.56. The van der Waals surface area contributed by atoms with Crippen LogP contribution in [-0.2, 0) is 7.05 Å². The van der Waals surface area contributed by atoms with Gasteiger partial charge in [0, 0.05) is 17.8 Å². The van der Waals surface area contributed by atoms with Gasteiger partial charge < -0.3 is 4.74 Å². The number of aryl methyl sites for hydroxylation is 1. The average Bonchev–Trinajstić information content (AvgIpc) is 2.50. The van der Waals surface area contributed by atoms with Gasteiger partial charge >= 0.3 is 0 Å². The number of ether oxygens (including phenoxy) is 1. The molecule has 0 spiro atoms. The number of hydrogen-bond acceptors (Lipinski definition) is 2. The van der Waals surface area contributed by atoms with E-state index in [0.29, 0.717) is 5.41 Å². The molecule has 0 atom stereocenters. The molecular weight excluding hydrogens is 244 g/mol. The Bertz CT molecular complexity index is 301. The lowest BCUT2D eigenvalue weighted by Crippen LogP contribution is -2.37. The zero-order valence-corrected chi connectivity index (χ0v) is 9.96. The van der Waals surface area contributed by atoms with Gasteiger partial charge in [0.05, 0.1) is 19.0 Å². The first-order chi connectivity index (χ1) is 6.74. The van der Waals surface area contributed by atoms with Gasteiger partial charge in [-0.1, -0.05) is 22.4 Å². The van der Waals surface area contributed by atoms with Gasteiger partial charge in [-0.25, -0.2) is 0 Å². The number of rotatable bonds is 4. The highest BCUT2D eigenvalue weighted by molar-refractivity contribution is 9.09. The van der Waals surface area contributed by atoms with Gasteiger partial charge in [0.15, 0.2) is 5.75 Å². The molecular formula is C10H15BrN2O. The Labute approximate surface area is 92.6 Å². The predicted octanol–water partition coefficient (Wildman–Crippen LogP) is 2.36. The molecule has 14 heavy (non-hydrogen) atoms. The zero-order chi connectivity index (χ0) is 10.0. The first-order valence-electron chi connectivity index (χ1n) is 4.92. The van der Waals surface area contributed by atoms with Crippen molar-refractivity contribution in [2.75, 3.05) is 11.9 Å². The highest BCUT2D eigenvalue weighted by Crippen LogP contribution is 2.42. The van der Waals surface area contributed by atoms with Crippen molar-refractivity contribution >= 4 is 15.9 Å². The van der Waals surface area contributed by atoms with Crippen molar-refractivity contribution in [2.45, 2.75) is 19.3 Å². The quantitative estimate of drug-likeness (QED) is 0.776. The summed E-state index contributed by atoms with van der Waals surface area (Å²) in [4.78, 5) is 0. The minimum absolute atomic E-state index is 0.385. The zero-order valence-electron chi connectivity index (χ0n) is 8.37. The predicted molar refractivity (Wildman–Crippen MR) is 58.8 cm³/mol. The molecule has 0 saturated heterocycles. The van der Waals surface area contributed by atoms with E-state index in [-0.39, 0.29) is 0 Å². The molecule has 1 aliphatic carbocycles. The standard InChI is InChI=1S/C10H15BrN2O/c1-13-6-9(5-12-13)14-8-10(7-11)3-2-4-10/h5-6H,2-4,7-8H2,1H3. The largest absolute Gasteiger partial charge is 0.490 e. The number of alkyl halides is 1. The molecule has 1 aromatic rings. The lowest BCUT2D eigenvalue weighted by molar-refractivity contribution is 0.0838. The van der Waals surface area contributed by atoms with Crippen LogP contribution < -0.4 is 4.74 Å². The first-order valence-corrected chi connectivity index (χ1v) is 6.04. The molecule has 0 bridgehead atoms. The number of nitrogens with zero attached hydrogens (tertiary/aromatic N) is 2. The van der Waals surface area contributed by atoms with E-state index in [0.717, 1.165) is 17.7 Å². The van der Waals surface area contributed by atoms with Crippen LogP contribution in [0.15, 0.2) is 12.4 Å². The van der Waals surface area contributed by atoms with Crippen molar-refractivity contribution in [2.24, 2.45) is 12.5 Å². The fourth-order valence-corrected chi connectivity index (χ4v) is 2.43. The number of halogens is 1. The first kappa shape index (κ1) is 10.0. The lowest BCUT2D eigenvalue weighted by Gasteiger charge is -2.39. The van der Waals surface area contributed by atoms with Crippen LogP contribution in [0.25, 0.3) is 0 Å². The Kier molecular flexibility index (Phi) is 2.81. The average molecular weight is 259 g/mol. The van der Waals surface area contributed by atoms with Gasteiger partial charge in [0.2, 0.25) is 0 Å². The van der Waals surface area contributed by atoms with Crippen LogP contribution in [0.3, 0.4) is 0 Å². The van der Waals surface area contributed by atoms with E-state index in [2.05, 4.69) is 21.0 Å². The van der Waals surface area contributed by atoms with Gasteiger partial charge in [-0.2, -0.15) is 5.10 Å². The van der Waals surface area contributed by atoms with Gasteiger partial charge in [0.1, 0.15) is 0 Å². The SMILES string of the molecule is Cn1cc(OCC2(CBr)CCC2)cn1. The summed E-state index contributed by atoms with van der Waals surface area (Å²) >= 11 is 3.56. The summed E-state index contributed by atoms with van der Waals surface area (Å²) in [6.45, 7) is 0.809. The fourth-order valence-electron chi connectivity index (χ4n) is 1.70. The van der Waals surface area contributed by atoms with E-state index < -0.39 is 0 Å². The minimum atomic E-state index is 0.385. The van der Waals surface area contributed by atoms with E-state index in [1.165, 1.54) is 19.3 Å². The maximum absolute atomic E-state index is 5.71. The smallest absolute Gasteiger partial charge is 0.157 e. The van der Waals surface area contributed by atoms with Crippen molar-refractivity contribution in [1.82, 2.24) is 9.78 Å². The van der Waals surface area contributed by atoms with Gasteiger partial charge in [-0.05, 0) is 12.8 Å². The van der Waals surface area contributed by atoms with Crippen LogP contribution >= 0.6 is 15.9 Å². The Morgan fingerprint density at radius 1 is 1.64 bits per heavy atom. The van der Waals surface area contributed by atoms with E-state index in [9.17, 15) is 0 Å². The molecule has 1 aromatic heterocycles. The molecule has 78 valence electrons. The second kappa shape index (κ2) is 3.93. The lowest BCUT2D eigenvalue weighted by atomic mass is 9.71. The number of hydrogen-bond donors (Lipinski definition) is 0. The third-order valence-electron chi connectivity index (χ3n) is 2.92. The summed E-state index contributed by atoms with van der Waals surface area (Å²) in [6, 6.07) is 0. The maximum atomic E-state index is 5.71. The molecule has 0 aromatic carbocycles. The Balaban J connectivity index is 1.87. The summed E-state index contributed by atoms with van der Waals surface area (Å²) in [5, 5.41) is 5.11. The van der Waals surface area contributed by atoms with Crippen LogP contribution in [0.1, 0.15) is 19.3 Å². The van der Waals surface area contributed by atoms with E-state index in [1.54, 1.807) is 10.9 Å². The third kappa shape index (κ3) is 1.95. The highest BCUT2D eigenvalue weighted by atomic mass is 79.9. The van der Waals surface area contributed by atoms with E-state index in [4.69, 9.17) is 4.74 Å². The molecule has 4 heteroatoms. The minimum Gasteiger partial charge on any atom is -0.490 e. The second-order valence-electron chi connectivity index (χ2n) is 4.13. The normalized spacial score (nSPS) is 19.0. The Hall–Kier alpha value is -0.510. The Morgan fingerprint density at radius 3 is 2.86 bits per heavy atom. The molecule has 0 unspecified atom stereocenters. The summed E-state index contributed by atoms with van der Waals surface area (Å²) in [5.74, 6) is 0.875. The van der Waals surface area contributed by atoms with E-state index >= 15 is 0 Å². The van der Waals surface area contributed by atoms with Crippen LogP contribution in [-0.4, -0.2) is 21.7 Å². The maximum Gasteiger partial charge on any atom is 0.157 e. The molecule has 0 aliphatic heterocycles. The molecule has 1 fully saturated rings. The van der Waals surface area contributed by atoms with Crippen LogP contribution in [0.4, 0.5) is 0 Å². The van der Waals surface area contributed by atoms with Crippen LogP contribution in [0.2, 0.25) is 0 Å². The molecule has 1 heterocycles. The third-order valence-corrected chi connectivity index (χ3v) is 4.11. The van der Waals surface area contributed by atoms with Crippen molar-refractivity contribution in [3.8, 4) is 5.75 Å². The Morgan fingerprint density at radius 2 is 2.43 bits per heavy atom. The summed E-state index contributed by atoms with van der Waals surface area (Å²) < 4.78 is 7.47. The van der Waals surface area contributed by atoms with Crippen molar-refractivity contribution in [3.63, 3.8) is 0 Å². The molecule has 0 amide bonds. The molecule has 0 radical (unpaired) electrons. The molecule has 0 N–H and O–H groups in total. The van der Waals surface area contributed by atoms with E-state index in [1.807, 2.05) is 13.2 Å². The molecule has 1 saturated carbocycles. The van der Waals surface area contributed by atoms with Gasteiger partial charge in [-0.15, -0.1) is 0 Å². The molecule has 1 aliphatic rings. The van der Waals surface area contributed by atoms with Crippen LogP contribution in [0, 0.1) is 5.41 Å². The van der Waals surface area contributed by atoms with Crippen LogP contribution in [0.5, 0.6) is 5.75 Å². The molecule has 3 nitrogen and oxygen atoms in total. The van der Waals surface area contributed by atoms with Crippen molar-refractivity contribution in [3.05, 3.63) is 12.4 Å². The van der Waals surface area contributed by atoms with Gasteiger partial charge in [-0.3, -0.25) is 4.68 Å². The summed E-state index contributed by atoms with van der Waals surface area (Å²) in [5.41, 5.74) is 0.385. The second-order valence-corrected chi connectivity index (χ2v) is 4.69. The monoisotopic (exact) mass is 258 g/mol. The fraction of sp³-hybridized carbons (Fsp3) is 0.700. The number of aromatic nitrogens is 2. The topological polar surface area (TPSA) is 27.1 Å². The highest BCUT2D eigenvalue weighted by Gasteiger charge is 2.36.